The van der Waals surface area contributed by atoms with Crippen LogP contribution in [0, 0.1) is 0 Å². The maximum Gasteiger partial charge on any atom is 0.251 e. The lowest BCUT2D eigenvalue weighted by Crippen LogP contribution is -2.40. The predicted molar refractivity (Wildman–Crippen MR) is 74.4 cm³/mol. The summed E-state index contributed by atoms with van der Waals surface area (Å²) in [4.78, 5) is 12.1. The van der Waals surface area contributed by atoms with E-state index in [4.69, 9.17) is 19.3 Å². The zero-order chi connectivity index (χ0) is 15.0. The molecular formula is C14H21NO5. The van der Waals surface area contributed by atoms with Gasteiger partial charge in [-0.2, -0.15) is 0 Å². The highest BCUT2D eigenvalue weighted by molar-refractivity contribution is 5.95. The van der Waals surface area contributed by atoms with Crippen molar-refractivity contribution in [3.8, 4) is 11.5 Å². The van der Waals surface area contributed by atoms with Crippen LogP contribution in [0.1, 0.15) is 17.3 Å². The fourth-order valence-corrected chi connectivity index (χ4v) is 1.70. The molecule has 1 amide bonds. The molecule has 112 valence electrons. The van der Waals surface area contributed by atoms with E-state index in [-0.39, 0.29) is 19.1 Å². The minimum absolute atomic E-state index is 0.186. The van der Waals surface area contributed by atoms with Gasteiger partial charge in [-0.25, -0.2) is 0 Å². The van der Waals surface area contributed by atoms with Crippen LogP contribution in [0.5, 0.6) is 11.5 Å². The Balaban J connectivity index is 2.84. The zero-order valence-electron chi connectivity index (χ0n) is 12.0. The molecule has 1 atom stereocenters. The maximum atomic E-state index is 12.1. The highest BCUT2D eigenvalue weighted by Crippen LogP contribution is 2.28. The second-order valence-corrected chi connectivity index (χ2v) is 4.11. The van der Waals surface area contributed by atoms with Gasteiger partial charge in [-0.05, 0) is 25.1 Å². The molecule has 0 fully saturated rings. The van der Waals surface area contributed by atoms with Gasteiger partial charge in [0.15, 0.2) is 11.5 Å². The molecule has 6 heteroatoms. The SMILES string of the molecule is CCOc1cc(C(=O)NC(CO)COC)ccc1OC. The third-order valence-corrected chi connectivity index (χ3v) is 2.65. The lowest BCUT2D eigenvalue weighted by molar-refractivity contribution is 0.0839. The Morgan fingerprint density at radius 3 is 2.65 bits per heavy atom. The fraction of sp³-hybridized carbons (Fsp3) is 0.500. The molecule has 0 saturated heterocycles. The smallest absolute Gasteiger partial charge is 0.251 e. The van der Waals surface area contributed by atoms with Gasteiger partial charge in [-0.1, -0.05) is 0 Å². The number of amides is 1. The quantitative estimate of drug-likeness (QED) is 0.739. The average molecular weight is 283 g/mol. The summed E-state index contributed by atoms with van der Waals surface area (Å²) in [6, 6.07) is 4.48. The Bertz CT molecular complexity index is 436. The van der Waals surface area contributed by atoms with E-state index in [1.165, 1.54) is 14.2 Å². The third-order valence-electron chi connectivity index (χ3n) is 2.65. The monoisotopic (exact) mass is 283 g/mol. The first-order valence-electron chi connectivity index (χ1n) is 6.37. The molecule has 0 spiro atoms. The Morgan fingerprint density at radius 2 is 2.10 bits per heavy atom. The number of rotatable bonds is 8. The number of ether oxygens (including phenoxy) is 3. The van der Waals surface area contributed by atoms with Crippen molar-refractivity contribution in [2.24, 2.45) is 0 Å². The fourth-order valence-electron chi connectivity index (χ4n) is 1.70. The van der Waals surface area contributed by atoms with Crippen molar-refractivity contribution >= 4 is 5.91 Å². The summed E-state index contributed by atoms with van der Waals surface area (Å²) >= 11 is 0. The number of hydrogen-bond acceptors (Lipinski definition) is 5. The summed E-state index contributed by atoms with van der Waals surface area (Å²) in [6.07, 6.45) is 0. The van der Waals surface area contributed by atoms with Crippen LogP contribution < -0.4 is 14.8 Å². The van der Waals surface area contributed by atoms with Gasteiger partial charge in [0, 0.05) is 12.7 Å². The van der Waals surface area contributed by atoms with Crippen LogP contribution in [0.3, 0.4) is 0 Å². The summed E-state index contributed by atoms with van der Waals surface area (Å²) in [5.41, 5.74) is 0.434. The Morgan fingerprint density at radius 1 is 1.35 bits per heavy atom. The van der Waals surface area contributed by atoms with Crippen LogP contribution in [-0.4, -0.2) is 51.1 Å². The molecular weight excluding hydrogens is 262 g/mol. The first kappa shape index (κ1) is 16.3. The van der Waals surface area contributed by atoms with Gasteiger partial charge in [0.2, 0.25) is 0 Å². The number of carbonyl (C=O) groups is 1. The Kier molecular flexibility index (Phi) is 6.83. The van der Waals surface area contributed by atoms with Crippen LogP contribution in [0.25, 0.3) is 0 Å². The molecule has 0 aliphatic rings. The molecule has 0 radical (unpaired) electrons. The predicted octanol–water partition coefficient (Wildman–Crippen LogP) is 0.831. The molecule has 0 saturated carbocycles. The van der Waals surface area contributed by atoms with Crippen molar-refractivity contribution in [3.05, 3.63) is 23.8 Å². The van der Waals surface area contributed by atoms with Crippen molar-refractivity contribution in [1.82, 2.24) is 5.32 Å². The number of aliphatic hydroxyl groups excluding tert-OH is 1. The molecule has 0 aromatic heterocycles. The van der Waals surface area contributed by atoms with Gasteiger partial charge in [-0.15, -0.1) is 0 Å². The summed E-state index contributed by atoms with van der Waals surface area (Å²) in [6.45, 7) is 2.39. The minimum atomic E-state index is -0.440. The highest BCUT2D eigenvalue weighted by Gasteiger charge is 2.15. The van der Waals surface area contributed by atoms with Gasteiger partial charge in [0.25, 0.3) is 5.91 Å². The normalized spacial score (nSPS) is 11.8. The molecule has 0 bridgehead atoms. The molecule has 2 N–H and O–H groups in total. The van der Waals surface area contributed by atoms with Crippen molar-refractivity contribution in [2.45, 2.75) is 13.0 Å². The Labute approximate surface area is 118 Å². The molecule has 1 rings (SSSR count). The van der Waals surface area contributed by atoms with E-state index in [9.17, 15) is 4.79 Å². The molecule has 20 heavy (non-hydrogen) atoms. The molecule has 6 nitrogen and oxygen atoms in total. The van der Waals surface area contributed by atoms with Gasteiger partial charge in [-0.3, -0.25) is 4.79 Å². The standard InChI is InChI=1S/C14H21NO5/c1-4-20-13-7-10(5-6-12(13)19-3)14(17)15-11(8-16)9-18-2/h5-7,11,16H,4,8-9H2,1-3H3,(H,15,17). The van der Waals surface area contributed by atoms with Crippen molar-refractivity contribution in [3.63, 3.8) is 0 Å². The third kappa shape index (κ3) is 4.40. The van der Waals surface area contributed by atoms with Crippen LogP contribution in [0.4, 0.5) is 0 Å². The second-order valence-electron chi connectivity index (χ2n) is 4.11. The zero-order valence-corrected chi connectivity index (χ0v) is 12.0. The van der Waals surface area contributed by atoms with Crippen LogP contribution in [0.2, 0.25) is 0 Å². The first-order chi connectivity index (χ1) is 9.65. The van der Waals surface area contributed by atoms with E-state index >= 15 is 0 Å². The summed E-state index contributed by atoms with van der Waals surface area (Å²) in [7, 11) is 3.05. The van der Waals surface area contributed by atoms with Crippen LogP contribution in [0.15, 0.2) is 18.2 Å². The number of aliphatic hydroxyl groups is 1. The molecule has 0 aliphatic heterocycles. The molecule has 0 heterocycles. The Hall–Kier alpha value is -1.79. The van der Waals surface area contributed by atoms with E-state index < -0.39 is 6.04 Å². The van der Waals surface area contributed by atoms with Crippen molar-refractivity contribution in [1.29, 1.82) is 0 Å². The van der Waals surface area contributed by atoms with E-state index in [2.05, 4.69) is 5.32 Å². The second kappa shape index (κ2) is 8.39. The van der Waals surface area contributed by atoms with E-state index in [1.807, 2.05) is 6.92 Å². The lowest BCUT2D eigenvalue weighted by atomic mass is 10.1. The van der Waals surface area contributed by atoms with Crippen LogP contribution in [-0.2, 0) is 4.74 Å². The lowest BCUT2D eigenvalue weighted by Gasteiger charge is -2.16. The highest BCUT2D eigenvalue weighted by atomic mass is 16.5. The number of methoxy groups -OCH3 is 2. The van der Waals surface area contributed by atoms with Gasteiger partial charge < -0.3 is 24.6 Å². The average Bonchev–Trinajstić information content (AvgIpc) is 2.46. The van der Waals surface area contributed by atoms with E-state index in [0.717, 1.165) is 0 Å². The molecule has 1 unspecified atom stereocenters. The summed E-state index contributed by atoms with van der Waals surface area (Å²) in [5, 5.41) is 11.8. The van der Waals surface area contributed by atoms with Crippen molar-refractivity contribution in [2.75, 3.05) is 34.0 Å². The van der Waals surface area contributed by atoms with E-state index in [0.29, 0.717) is 23.7 Å². The molecule has 1 aromatic carbocycles. The number of benzene rings is 1. The first-order valence-corrected chi connectivity index (χ1v) is 6.37. The molecule has 0 aliphatic carbocycles. The number of nitrogens with one attached hydrogen (secondary N) is 1. The summed E-state index contributed by atoms with van der Waals surface area (Å²) in [5.74, 6) is 0.777. The van der Waals surface area contributed by atoms with Crippen LogP contribution >= 0.6 is 0 Å². The van der Waals surface area contributed by atoms with Gasteiger partial charge >= 0.3 is 0 Å². The van der Waals surface area contributed by atoms with Gasteiger partial charge in [0.1, 0.15) is 0 Å². The van der Waals surface area contributed by atoms with Crippen molar-refractivity contribution < 1.29 is 24.1 Å². The number of carbonyl (C=O) groups excluding carboxylic acids is 1. The van der Waals surface area contributed by atoms with E-state index in [1.54, 1.807) is 18.2 Å². The molecule has 1 aromatic rings. The summed E-state index contributed by atoms with van der Waals surface area (Å²) < 4.78 is 15.5. The maximum absolute atomic E-state index is 12.1. The minimum Gasteiger partial charge on any atom is -0.493 e. The van der Waals surface area contributed by atoms with Gasteiger partial charge in [0.05, 0.1) is 33.0 Å². The largest absolute Gasteiger partial charge is 0.493 e. The topological polar surface area (TPSA) is 77.0 Å². The number of hydrogen-bond donors (Lipinski definition) is 2.